The standard InChI is InChI=1S/C23H27N5/c1-2-4-22(5-3-1)28-17-21(12-25-28)16-27-15-20-6-7-23(27)18-26(14-20)13-19-8-10-24-11-9-19/h1-5,8-12,17,20,23H,6-7,13-16,18H2/t20-,23+/m1/s1. The lowest BCUT2D eigenvalue weighted by Crippen LogP contribution is -2.43. The molecule has 0 aliphatic carbocycles. The van der Waals surface area contributed by atoms with Crippen LogP contribution in [0.1, 0.15) is 24.0 Å². The fourth-order valence-electron chi connectivity index (χ4n) is 4.74. The molecule has 144 valence electrons. The van der Waals surface area contributed by atoms with Crippen LogP contribution in [0.2, 0.25) is 0 Å². The summed E-state index contributed by atoms with van der Waals surface area (Å²) < 4.78 is 1.99. The van der Waals surface area contributed by atoms with E-state index in [1.165, 1.54) is 37.1 Å². The molecule has 5 heteroatoms. The van der Waals surface area contributed by atoms with Crippen molar-refractivity contribution in [3.63, 3.8) is 0 Å². The van der Waals surface area contributed by atoms with Crippen LogP contribution in [0, 0.1) is 5.92 Å². The minimum Gasteiger partial charge on any atom is -0.297 e. The molecular formula is C23H27N5. The molecule has 1 aromatic carbocycles. The molecule has 5 nitrogen and oxygen atoms in total. The van der Waals surface area contributed by atoms with Crippen molar-refractivity contribution in [2.45, 2.75) is 32.0 Å². The van der Waals surface area contributed by atoms with E-state index in [9.17, 15) is 0 Å². The highest BCUT2D eigenvalue weighted by molar-refractivity contribution is 5.30. The van der Waals surface area contributed by atoms with E-state index < -0.39 is 0 Å². The van der Waals surface area contributed by atoms with Crippen LogP contribution in [-0.2, 0) is 13.1 Å². The van der Waals surface area contributed by atoms with Gasteiger partial charge in [0.1, 0.15) is 0 Å². The molecule has 2 atom stereocenters. The van der Waals surface area contributed by atoms with Crippen molar-refractivity contribution in [2.24, 2.45) is 5.92 Å². The maximum Gasteiger partial charge on any atom is 0.0645 e. The van der Waals surface area contributed by atoms with Crippen LogP contribution in [0.25, 0.3) is 5.69 Å². The van der Waals surface area contributed by atoms with Gasteiger partial charge in [-0.2, -0.15) is 5.10 Å². The summed E-state index contributed by atoms with van der Waals surface area (Å²) in [5, 5.41) is 4.58. The van der Waals surface area contributed by atoms with Gasteiger partial charge in [0.05, 0.1) is 11.9 Å². The van der Waals surface area contributed by atoms with Crippen molar-refractivity contribution >= 4 is 0 Å². The fourth-order valence-corrected chi connectivity index (χ4v) is 4.74. The molecule has 3 aromatic rings. The van der Waals surface area contributed by atoms with E-state index in [0.29, 0.717) is 6.04 Å². The molecule has 0 saturated carbocycles. The summed E-state index contributed by atoms with van der Waals surface area (Å²) in [4.78, 5) is 9.48. The zero-order valence-electron chi connectivity index (χ0n) is 16.2. The number of benzene rings is 1. The largest absolute Gasteiger partial charge is 0.297 e. The third-order valence-electron chi connectivity index (χ3n) is 6.10. The highest BCUT2D eigenvalue weighted by Gasteiger charge is 2.34. The van der Waals surface area contributed by atoms with E-state index >= 15 is 0 Å². The Morgan fingerprint density at radius 1 is 0.857 bits per heavy atom. The van der Waals surface area contributed by atoms with E-state index in [4.69, 9.17) is 0 Å². The second-order valence-electron chi connectivity index (χ2n) is 8.20. The number of fused-ring (bicyclic) bond motifs is 4. The molecule has 6 rings (SSSR count). The monoisotopic (exact) mass is 373 g/mol. The molecule has 2 aromatic heterocycles. The zero-order valence-corrected chi connectivity index (χ0v) is 16.2. The average Bonchev–Trinajstić information content (AvgIpc) is 3.03. The highest BCUT2D eigenvalue weighted by Crippen LogP contribution is 2.30. The number of rotatable bonds is 5. The summed E-state index contributed by atoms with van der Waals surface area (Å²) in [5.74, 6) is 0.768. The summed E-state index contributed by atoms with van der Waals surface area (Å²) in [6.07, 6.45) is 10.7. The molecular weight excluding hydrogens is 346 g/mol. The lowest BCUT2D eigenvalue weighted by Gasteiger charge is -2.35. The highest BCUT2D eigenvalue weighted by atomic mass is 15.3. The van der Waals surface area contributed by atoms with E-state index in [1.54, 1.807) is 0 Å². The van der Waals surface area contributed by atoms with Crippen molar-refractivity contribution in [1.29, 1.82) is 0 Å². The summed E-state index contributed by atoms with van der Waals surface area (Å²) in [6, 6.07) is 15.3. The number of para-hydroxylation sites is 1. The van der Waals surface area contributed by atoms with Crippen molar-refractivity contribution in [3.8, 4) is 5.69 Å². The van der Waals surface area contributed by atoms with E-state index in [-0.39, 0.29) is 0 Å². The van der Waals surface area contributed by atoms with Gasteiger partial charge in [0.25, 0.3) is 0 Å². The van der Waals surface area contributed by atoms with Gasteiger partial charge in [0.15, 0.2) is 0 Å². The van der Waals surface area contributed by atoms with Gasteiger partial charge in [-0.05, 0) is 48.6 Å². The molecule has 2 bridgehead atoms. The summed E-state index contributed by atoms with van der Waals surface area (Å²) in [5.41, 5.74) is 3.79. The molecule has 5 heterocycles. The Morgan fingerprint density at radius 2 is 1.71 bits per heavy atom. The summed E-state index contributed by atoms with van der Waals surface area (Å²) in [7, 11) is 0. The minimum absolute atomic E-state index is 0.640. The zero-order chi connectivity index (χ0) is 18.8. The lowest BCUT2D eigenvalue weighted by atomic mass is 9.95. The third kappa shape index (κ3) is 3.86. The first-order valence-electron chi connectivity index (χ1n) is 10.3. The smallest absolute Gasteiger partial charge is 0.0645 e. The molecule has 0 N–H and O–H groups in total. The number of pyridine rings is 1. The molecule has 3 aliphatic rings. The first-order chi connectivity index (χ1) is 13.8. The van der Waals surface area contributed by atoms with Gasteiger partial charge < -0.3 is 0 Å². The molecule has 28 heavy (non-hydrogen) atoms. The van der Waals surface area contributed by atoms with Crippen LogP contribution in [-0.4, -0.2) is 50.2 Å². The Kier molecular flexibility index (Phi) is 4.93. The van der Waals surface area contributed by atoms with Gasteiger partial charge >= 0.3 is 0 Å². The number of aromatic nitrogens is 3. The van der Waals surface area contributed by atoms with Gasteiger partial charge in [-0.3, -0.25) is 14.8 Å². The molecule has 0 amide bonds. The number of piperidine rings is 1. The SMILES string of the molecule is c1ccc(-n2cc(CN3C[C@@H]4CC[C@H]3CN(Cc3ccncc3)C4)cn2)cc1. The topological polar surface area (TPSA) is 37.2 Å². The van der Waals surface area contributed by atoms with E-state index in [1.807, 2.05) is 29.3 Å². The Morgan fingerprint density at radius 3 is 2.57 bits per heavy atom. The Hall–Kier alpha value is -2.50. The lowest BCUT2D eigenvalue weighted by molar-refractivity contribution is 0.123. The van der Waals surface area contributed by atoms with E-state index in [0.717, 1.165) is 31.2 Å². The first kappa shape index (κ1) is 17.6. The van der Waals surface area contributed by atoms with Gasteiger partial charge in [-0.1, -0.05) is 18.2 Å². The van der Waals surface area contributed by atoms with Gasteiger partial charge in [0.2, 0.25) is 0 Å². The average molecular weight is 374 g/mol. The first-order valence-corrected chi connectivity index (χ1v) is 10.3. The molecule has 0 radical (unpaired) electrons. The molecule has 3 aliphatic heterocycles. The normalized spacial score (nSPS) is 23.0. The van der Waals surface area contributed by atoms with E-state index in [2.05, 4.69) is 62.5 Å². The predicted octanol–water partition coefficient (Wildman–Crippen LogP) is 3.36. The van der Waals surface area contributed by atoms with Crippen molar-refractivity contribution in [3.05, 3.63) is 78.4 Å². The number of hydrogen-bond donors (Lipinski definition) is 0. The second kappa shape index (κ2) is 7.86. The van der Waals surface area contributed by atoms with Crippen LogP contribution in [0.3, 0.4) is 0 Å². The maximum absolute atomic E-state index is 4.58. The summed E-state index contributed by atoms with van der Waals surface area (Å²) in [6.45, 7) is 5.60. The fraction of sp³-hybridized carbons (Fsp3) is 0.391. The van der Waals surface area contributed by atoms with Crippen LogP contribution < -0.4 is 0 Å². The molecule has 3 saturated heterocycles. The van der Waals surface area contributed by atoms with Crippen LogP contribution in [0.4, 0.5) is 0 Å². The maximum atomic E-state index is 4.58. The molecule has 0 unspecified atom stereocenters. The Labute approximate surface area is 166 Å². The minimum atomic E-state index is 0.640. The molecule has 3 fully saturated rings. The van der Waals surface area contributed by atoms with Crippen LogP contribution >= 0.6 is 0 Å². The van der Waals surface area contributed by atoms with Crippen LogP contribution in [0.5, 0.6) is 0 Å². The van der Waals surface area contributed by atoms with Gasteiger partial charge in [0, 0.05) is 62.9 Å². The van der Waals surface area contributed by atoms with Crippen LogP contribution in [0.15, 0.2) is 67.3 Å². The van der Waals surface area contributed by atoms with Crippen molar-refractivity contribution in [1.82, 2.24) is 24.6 Å². The second-order valence-corrected chi connectivity index (χ2v) is 8.20. The van der Waals surface area contributed by atoms with Crippen molar-refractivity contribution in [2.75, 3.05) is 19.6 Å². The Bertz CT molecular complexity index is 892. The predicted molar refractivity (Wildman–Crippen MR) is 110 cm³/mol. The number of nitrogens with zero attached hydrogens (tertiary/aromatic N) is 5. The van der Waals surface area contributed by atoms with Gasteiger partial charge in [-0.25, -0.2) is 4.68 Å². The quantitative estimate of drug-likeness (QED) is 0.687. The van der Waals surface area contributed by atoms with Crippen molar-refractivity contribution < 1.29 is 0 Å². The molecule has 0 spiro atoms. The Balaban J connectivity index is 1.26. The van der Waals surface area contributed by atoms with Gasteiger partial charge in [-0.15, -0.1) is 0 Å². The summed E-state index contributed by atoms with van der Waals surface area (Å²) >= 11 is 0. The number of hydrogen-bond acceptors (Lipinski definition) is 4. The third-order valence-corrected chi connectivity index (χ3v) is 6.10.